The molecule has 0 unspecified atom stereocenters. The van der Waals surface area contributed by atoms with E-state index in [2.05, 4.69) is 44.5 Å². The second kappa shape index (κ2) is 11.1. The van der Waals surface area contributed by atoms with Crippen molar-refractivity contribution in [2.75, 3.05) is 26.7 Å². The molecule has 0 radical (unpaired) electrons. The van der Waals surface area contributed by atoms with Crippen LogP contribution in [0.1, 0.15) is 35.2 Å². The van der Waals surface area contributed by atoms with Gasteiger partial charge in [0.15, 0.2) is 0 Å². The minimum atomic E-state index is -0.340. The average Bonchev–Trinajstić information content (AvgIpc) is 3.60. The van der Waals surface area contributed by atoms with Gasteiger partial charge in [-0.05, 0) is 56.1 Å². The van der Waals surface area contributed by atoms with E-state index in [0.29, 0.717) is 24.6 Å². The Hall–Kier alpha value is -3.49. The molecule has 8 heteroatoms. The van der Waals surface area contributed by atoms with E-state index in [0.717, 1.165) is 38.2 Å². The Morgan fingerprint density at radius 2 is 1.78 bits per heavy atom. The van der Waals surface area contributed by atoms with Crippen LogP contribution in [0.15, 0.2) is 73.1 Å². The predicted octanol–water partition coefficient (Wildman–Crippen LogP) is 2.88. The van der Waals surface area contributed by atoms with Crippen molar-refractivity contribution in [2.45, 2.75) is 43.9 Å². The number of para-hydroxylation sites is 1. The first kappa shape index (κ1) is 24.2. The fourth-order valence-electron chi connectivity index (χ4n) is 5.53. The van der Waals surface area contributed by atoms with Gasteiger partial charge in [0.25, 0.3) is 5.91 Å². The fraction of sp³-hybridized carbons (Fsp3) is 0.393. The Balaban J connectivity index is 1.23. The number of nitrogens with one attached hydrogen (secondary N) is 1. The van der Waals surface area contributed by atoms with Crippen molar-refractivity contribution in [1.29, 1.82) is 0 Å². The summed E-state index contributed by atoms with van der Waals surface area (Å²) in [5, 5.41) is 7.45. The Morgan fingerprint density at radius 1 is 1.03 bits per heavy atom. The highest BCUT2D eigenvalue weighted by Crippen LogP contribution is 2.28. The molecule has 1 aromatic heterocycles. The maximum absolute atomic E-state index is 13.3. The monoisotopic (exact) mass is 487 g/mol. The number of benzene rings is 2. The lowest BCUT2D eigenvalue weighted by atomic mass is 10.0. The second-order valence-corrected chi connectivity index (χ2v) is 9.60. The number of hydrogen-bond acceptors (Lipinski definition) is 6. The van der Waals surface area contributed by atoms with Gasteiger partial charge in [-0.3, -0.25) is 19.4 Å². The van der Waals surface area contributed by atoms with Gasteiger partial charge < -0.3 is 10.1 Å². The van der Waals surface area contributed by atoms with Gasteiger partial charge in [-0.25, -0.2) is 4.68 Å². The van der Waals surface area contributed by atoms with Crippen LogP contribution in [-0.4, -0.2) is 76.3 Å². The summed E-state index contributed by atoms with van der Waals surface area (Å²) in [4.78, 5) is 30.7. The lowest BCUT2D eigenvalue weighted by Crippen LogP contribution is -2.49. The van der Waals surface area contributed by atoms with Crippen LogP contribution in [0.4, 0.5) is 0 Å². The third-order valence-corrected chi connectivity index (χ3v) is 7.32. The molecule has 1 N–H and O–H groups in total. The van der Waals surface area contributed by atoms with Crippen LogP contribution in [0.5, 0.6) is 0 Å². The van der Waals surface area contributed by atoms with Crippen molar-refractivity contribution in [3.8, 4) is 5.69 Å². The first-order chi connectivity index (χ1) is 17.6. The van der Waals surface area contributed by atoms with Crippen LogP contribution < -0.4 is 5.32 Å². The van der Waals surface area contributed by atoms with Gasteiger partial charge >= 0.3 is 5.97 Å². The van der Waals surface area contributed by atoms with E-state index in [1.807, 2.05) is 36.5 Å². The van der Waals surface area contributed by atoms with Crippen LogP contribution in [0.25, 0.3) is 5.69 Å². The number of nitrogens with zero attached hydrogens (tertiary/aromatic N) is 4. The number of rotatable bonds is 7. The van der Waals surface area contributed by atoms with E-state index in [-0.39, 0.29) is 24.0 Å². The summed E-state index contributed by atoms with van der Waals surface area (Å²) in [7, 11) is 1.44. The van der Waals surface area contributed by atoms with Crippen molar-refractivity contribution in [2.24, 2.45) is 0 Å². The summed E-state index contributed by atoms with van der Waals surface area (Å²) in [5.74, 6) is -0.385. The smallest absolute Gasteiger partial charge is 0.323 e. The number of aromatic nitrogens is 2. The van der Waals surface area contributed by atoms with E-state index in [1.165, 1.54) is 12.7 Å². The molecule has 0 spiro atoms. The molecular formula is C28H33N5O3. The number of hydrogen-bond donors (Lipinski definition) is 1. The summed E-state index contributed by atoms with van der Waals surface area (Å²) >= 11 is 0. The van der Waals surface area contributed by atoms with Crippen molar-refractivity contribution < 1.29 is 14.3 Å². The van der Waals surface area contributed by atoms with Gasteiger partial charge in [-0.1, -0.05) is 42.5 Å². The predicted molar refractivity (Wildman–Crippen MR) is 137 cm³/mol. The van der Waals surface area contributed by atoms with Crippen LogP contribution >= 0.6 is 0 Å². The zero-order chi connectivity index (χ0) is 24.9. The largest absolute Gasteiger partial charge is 0.468 e. The maximum Gasteiger partial charge on any atom is 0.323 e. The standard InChI is InChI=1S/C28H33N5O3/c1-36-28(35)26-18-22(30-27(34)24-10-5-6-11-25(24)33-15-7-14-29-33)20-32(26)23-12-16-31(17-13-23)19-21-8-3-2-4-9-21/h2-11,14-15,22-23,26H,12-13,16-20H2,1H3,(H,30,34)/t22-,26+/m1/s1. The molecule has 2 fully saturated rings. The fourth-order valence-corrected chi connectivity index (χ4v) is 5.53. The lowest BCUT2D eigenvalue weighted by Gasteiger charge is -2.38. The first-order valence-electron chi connectivity index (χ1n) is 12.6. The van der Waals surface area contributed by atoms with Gasteiger partial charge in [0, 0.05) is 37.6 Å². The topological polar surface area (TPSA) is 79.7 Å². The molecule has 0 aliphatic carbocycles. The molecule has 3 heterocycles. The van der Waals surface area contributed by atoms with Crippen LogP contribution in [0.2, 0.25) is 0 Å². The second-order valence-electron chi connectivity index (χ2n) is 9.60. The highest BCUT2D eigenvalue weighted by atomic mass is 16.5. The van der Waals surface area contributed by atoms with E-state index >= 15 is 0 Å². The van der Waals surface area contributed by atoms with Gasteiger partial charge in [0.05, 0.1) is 18.4 Å². The van der Waals surface area contributed by atoms with Crippen LogP contribution in [-0.2, 0) is 16.1 Å². The van der Waals surface area contributed by atoms with Crippen molar-refractivity contribution in [1.82, 2.24) is 24.9 Å². The summed E-state index contributed by atoms with van der Waals surface area (Å²) < 4.78 is 6.84. The van der Waals surface area contributed by atoms with Gasteiger partial charge in [0.2, 0.25) is 0 Å². The number of likely N-dealkylation sites (tertiary alicyclic amines) is 2. The number of ether oxygens (including phenoxy) is 1. The van der Waals surface area contributed by atoms with Crippen LogP contribution in [0, 0.1) is 0 Å². The number of carbonyl (C=O) groups is 2. The summed E-state index contributed by atoms with van der Waals surface area (Å²) in [5.41, 5.74) is 2.61. The third-order valence-electron chi connectivity index (χ3n) is 7.32. The SMILES string of the molecule is COC(=O)[C@@H]1C[C@@H](NC(=O)c2ccccc2-n2cccn2)CN1C1CCN(Cc2ccccc2)CC1. The van der Waals surface area contributed by atoms with Crippen molar-refractivity contribution in [3.05, 3.63) is 84.2 Å². The van der Waals surface area contributed by atoms with E-state index in [4.69, 9.17) is 4.74 Å². The minimum Gasteiger partial charge on any atom is -0.468 e. The molecule has 2 aromatic carbocycles. The molecular weight excluding hydrogens is 454 g/mol. The average molecular weight is 488 g/mol. The number of methoxy groups -OCH3 is 1. The Labute approximate surface area is 211 Å². The molecule has 3 aromatic rings. The summed E-state index contributed by atoms with van der Waals surface area (Å²) in [6.45, 7) is 3.55. The molecule has 5 rings (SSSR count). The molecule has 8 nitrogen and oxygen atoms in total. The summed E-state index contributed by atoms with van der Waals surface area (Å²) in [6, 6.07) is 19.6. The Bertz CT molecular complexity index is 1160. The van der Waals surface area contributed by atoms with Crippen molar-refractivity contribution in [3.63, 3.8) is 0 Å². The molecule has 2 atom stereocenters. The molecule has 0 bridgehead atoms. The molecule has 36 heavy (non-hydrogen) atoms. The Morgan fingerprint density at radius 3 is 2.50 bits per heavy atom. The number of esters is 1. The van der Waals surface area contributed by atoms with E-state index in [1.54, 1.807) is 16.9 Å². The van der Waals surface area contributed by atoms with Gasteiger partial charge in [-0.15, -0.1) is 0 Å². The molecule has 2 saturated heterocycles. The normalized spacial score (nSPS) is 21.4. The quantitative estimate of drug-likeness (QED) is 0.517. The molecule has 0 saturated carbocycles. The van der Waals surface area contributed by atoms with Crippen molar-refractivity contribution >= 4 is 11.9 Å². The minimum absolute atomic E-state index is 0.130. The lowest BCUT2D eigenvalue weighted by molar-refractivity contribution is -0.147. The zero-order valence-corrected chi connectivity index (χ0v) is 20.6. The highest BCUT2D eigenvalue weighted by Gasteiger charge is 2.42. The zero-order valence-electron chi connectivity index (χ0n) is 20.6. The van der Waals surface area contributed by atoms with E-state index in [9.17, 15) is 9.59 Å². The van der Waals surface area contributed by atoms with E-state index < -0.39 is 0 Å². The Kier molecular flexibility index (Phi) is 7.44. The highest BCUT2D eigenvalue weighted by molar-refractivity contribution is 5.98. The molecule has 2 aliphatic heterocycles. The number of amides is 1. The summed E-state index contributed by atoms with van der Waals surface area (Å²) in [6.07, 6.45) is 6.04. The number of piperidine rings is 1. The van der Waals surface area contributed by atoms with Gasteiger partial charge in [-0.2, -0.15) is 5.10 Å². The molecule has 188 valence electrons. The first-order valence-corrected chi connectivity index (χ1v) is 12.6. The number of carbonyl (C=O) groups excluding carboxylic acids is 2. The van der Waals surface area contributed by atoms with Crippen LogP contribution in [0.3, 0.4) is 0 Å². The maximum atomic E-state index is 13.3. The molecule has 2 aliphatic rings. The molecule has 1 amide bonds. The third kappa shape index (κ3) is 5.34. The van der Waals surface area contributed by atoms with Gasteiger partial charge in [0.1, 0.15) is 6.04 Å².